The molecule has 0 atom stereocenters. The average Bonchev–Trinajstić information content (AvgIpc) is 3.34. The molecule has 0 fully saturated rings. The van der Waals surface area contributed by atoms with Crippen molar-refractivity contribution in [3.8, 4) is 17.1 Å². The van der Waals surface area contributed by atoms with Gasteiger partial charge in [0.25, 0.3) is 11.2 Å². The number of hydrogen-bond acceptors (Lipinski definition) is 7. The molecule has 162 valence electrons. The first kappa shape index (κ1) is 20.9. The van der Waals surface area contributed by atoms with Crippen LogP contribution in [-0.4, -0.2) is 30.1 Å². The van der Waals surface area contributed by atoms with E-state index in [0.717, 1.165) is 11.3 Å². The molecule has 0 aliphatic heterocycles. The van der Waals surface area contributed by atoms with Gasteiger partial charge in [-0.3, -0.25) is 14.9 Å². The summed E-state index contributed by atoms with van der Waals surface area (Å²) in [7, 11) is 1.67. The Kier molecular flexibility index (Phi) is 6.02. The van der Waals surface area contributed by atoms with Crippen LogP contribution in [0.1, 0.15) is 16.8 Å². The Morgan fingerprint density at radius 3 is 2.62 bits per heavy atom. The van der Waals surface area contributed by atoms with Crippen molar-refractivity contribution in [2.75, 3.05) is 0 Å². The van der Waals surface area contributed by atoms with E-state index < -0.39 is 4.92 Å². The minimum absolute atomic E-state index is 0.00545. The summed E-state index contributed by atoms with van der Waals surface area (Å²) in [6, 6.07) is 17.7. The number of nitro benzene ring substituents is 1. The standard InChI is InChI=1S/C22H20N6O4/c1-27-17(9-11-19(22(27)29)21-23-25-26-24-21)8-7-16-13-18(28(30)31)10-12-20(16)32-14-15-5-3-2-4-6-15/h2-6,9-13H,7-8,14H2,1H3,(H,23,24,25,26). The van der Waals surface area contributed by atoms with E-state index in [-0.39, 0.29) is 11.2 Å². The molecule has 0 saturated carbocycles. The number of benzene rings is 2. The zero-order valence-corrected chi connectivity index (χ0v) is 17.3. The summed E-state index contributed by atoms with van der Waals surface area (Å²) in [5.41, 5.74) is 2.59. The molecule has 0 spiro atoms. The van der Waals surface area contributed by atoms with Gasteiger partial charge < -0.3 is 9.30 Å². The molecule has 0 unspecified atom stereocenters. The first-order valence-electron chi connectivity index (χ1n) is 9.90. The highest BCUT2D eigenvalue weighted by molar-refractivity contribution is 5.52. The quantitative estimate of drug-likeness (QED) is 0.335. The van der Waals surface area contributed by atoms with Crippen LogP contribution in [0.2, 0.25) is 0 Å². The Balaban J connectivity index is 1.56. The van der Waals surface area contributed by atoms with E-state index in [9.17, 15) is 14.9 Å². The Hall–Kier alpha value is -4.34. The summed E-state index contributed by atoms with van der Waals surface area (Å²) in [5, 5.41) is 24.6. The Morgan fingerprint density at radius 1 is 1.09 bits per heavy atom. The number of nitrogens with one attached hydrogen (secondary N) is 1. The smallest absolute Gasteiger partial charge is 0.269 e. The van der Waals surface area contributed by atoms with Gasteiger partial charge in [0.05, 0.1) is 10.5 Å². The number of aromatic nitrogens is 5. The highest BCUT2D eigenvalue weighted by atomic mass is 16.6. The monoisotopic (exact) mass is 432 g/mol. The third kappa shape index (κ3) is 4.53. The van der Waals surface area contributed by atoms with Crippen LogP contribution in [0.5, 0.6) is 5.75 Å². The largest absolute Gasteiger partial charge is 0.489 e. The van der Waals surface area contributed by atoms with Gasteiger partial charge in [0.1, 0.15) is 12.4 Å². The van der Waals surface area contributed by atoms with Crippen molar-refractivity contribution >= 4 is 5.69 Å². The Bertz CT molecular complexity index is 1290. The van der Waals surface area contributed by atoms with Crippen LogP contribution < -0.4 is 10.3 Å². The summed E-state index contributed by atoms with van der Waals surface area (Å²) in [6.07, 6.45) is 0.950. The van der Waals surface area contributed by atoms with Gasteiger partial charge in [0.15, 0.2) is 5.82 Å². The van der Waals surface area contributed by atoms with Crippen LogP contribution in [0.15, 0.2) is 65.5 Å². The maximum absolute atomic E-state index is 12.7. The second kappa shape index (κ2) is 9.21. The first-order chi connectivity index (χ1) is 15.5. The molecule has 32 heavy (non-hydrogen) atoms. The topological polar surface area (TPSA) is 129 Å². The minimum atomic E-state index is -0.430. The van der Waals surface area contributed by atoms with E-state index in [2.05, 4.69) is 20.6 Å². The molecular weight excluding hydrogens is 412 g/mol. The van der Waals surface area contributed by atoms with Crippen molar-refractivity contribution in [3.05, 3.63) is 98.0 Å². The van der Waals surface area contributed by atoms with Crippen LogP contribution in [0.4, 0.5) is 5.69 Å². The number of nitro groups is 1. The summed E-state index contributed by atoms with van der Waals surface area (Å²) < 4.78 is 7.48. The van der Waals surface area contributed by atoms with Gasteiger partial charge >= 0.3 is 0 Å². The van der Waals surface area contributed by atoms with E-state index in [1.807, 2.05) is 36.4 Å². The van der Waals surface area contributed by atoms with E-state index in [1.165, 1.54) is 16.7 Å². The van der Waals surface area contributed by atoms with Gasteiger partial charge in [-0.2, -0.15) is 0 Å². The molecule has 2 aromatic carbocycles. The van der Waals surface area contributed by atoms with Gasteiger partial charge in [0, 0.05) is 30.4 Å². The third-order valence-corrected chi connectivity index (χ3v) is 5.15. The van der Waals surface area contributed by atoms with Crippen LogP contribution in [0, 0.1) is 10.1 Å². The summed E-state index contributed by atoms with van der Waals surface area (Å²) in [6.45, 7) is 0.351. The molecule has 0 amide bonds. The summed E-state index contributed by atoms with van der Waals surface area (Å²) in [4.78, 5) is 23.5. The fourth-order valence-corrected chi connectivity index (χ4v) is 3.39. The minimum Gasteiger partial charge on any atom is -0.489 e. The highest BCUT2D eigenvalue weighted by Gasteiger charge is 2.15. The third-order valence-electron chi connectivity index (χ3n) is 5.15. The number of hydrogen-bond donors (Lipinski definition) is 1. The van der Waals surface area contributed by atoms with Crippen molar-refractivity contribution < 1.29 is 9.66 Å². The summed E-state index contributed by atoms with van der Waals surface area (Å²) in [5.74, 6) is 0.876. The Labute approximate surface area is 182 Å². The molecule has 4 rings (SSSR count). The van der Waals surface area contributed by atoms with Crippen molar-refractivity contribution in [1.29, 1.82) is 0 Å². The molecule has 0 bridgehead atoms. The molecule has 0 radical (unpaired) electrons. The zero-order valence-electron chi connectivity index (χ0n) is 17.3. The van der Waals surface area contributed by atoms with Crippen molar-refractivity contribution in [2.24, 2.45) is 7.05 Å². The molecule has 10 nitrogen and oxygen atoms in total. The second-order valence-corrected chi connectivity index (χ2v) is 7.18. The number of tetrazole rings is 1. The number of nitrogens with zero attached hydrogens (tertiary/aromatic N) is 5. The number of non-ortho nitro benzene ring substituents is 1. The van der Waals surface area contributed by atoms with Gasteiger partial charge in [-0.15, -0.1) is 5.10 Å². The van der Waals surface area contributed by atoms with E-state index in [0.29, 0.717) is 42.1 Å². The molecule has 4 aromatic rings. The second-order valence-electron chi connectivity index (χ2n) is 7.18. The van der Waals surface area contributed by atoms with Crippen LogP contribution in [-0.2, 0) is 26.5 Å². The van der Waals surface area contributed by atoms with Gasteiger partial charge in [-0.25, -0.2) is 5.10 Å². The Morgan fingerprint density at radius 2 is 1.91 bits per heavy atom. The lowest BCUT2D eigenvalue weighted by Gasteiger charge is -2.13. The lowest BCUT2D eigenvalue weighted by molar-refractivity contribution is -0.384. The highest BCUT2D eigenvalue weighted by Crippen LogP contribution is 2.26. The summed E-state index contributed by atoms with van der Waals surface area (Å²) >= 11 is 0. The average molecular weight is 432 g/mol. The van der Waals surface area contributed by atoms with Gasteiger partial charge in [-0.1, -0.05) is 30.3 Å². The number of aryl methyl sites for hydroxylation is 2. The molecule has 0 aliphatic rings. The number of rotatable bonds is 8. The van der Waals surface area contributed by atoms with E-state index in [4.69, 9.17) is 4.74 Å². The van der Waals surface area contributed by atoms with Crippen LogP contribution in [0.25, 0.3) is 11.4 Å². The van der Waals surface area contributed by atoms with Crippen molar-refractivity contribution in [3.63, 3.8) is 0 Å². The molecule has 1 N–H and O–H groups in total. The number of ether oxygens (including phenoxy) is 1. The van der Waals surface area contributed by atoms with E-state index in [1.54, 1.807) is 19.2 Å². The SMILES string of the molecule is Cn1c(CCc2cc([N+](=O)[O-])ccc2OCc2ccccc2)ccc(-c2nnn[nH]2)c1=O. The van der Waals surface area contributed by atoms with Crippen LogP contribution in [0.3, 0.4) is 0 Å². The lowest BCUT2D eigenvalue weighted by Crippen LogP contribution is -2.22. The van der Waals surface area contributed by atoms with Crippen molar-refractivity contribution in [2.45, 2.75) is 19.4 Å². The van der Waals surface area contributed by atoms with E-state index >= 15 is 0 Å². The zero-order chi connectivity index (χ0) is 22.5. The first-order valence-corrected chi connectivity index (χ1v) is 9.90. The predicted molar refractivity (Wildman–Crippen MR) is 116 cm³/mol. The van der Waals surface area contributed by atoms with Gasteiger partial charge in [-0.05, 0) is 47.0 Å². The fourth-order valence-electron chi connectivity index (χ4n) is 3.39. The predicted octanol–water partition coefficient (Wildman–Crippen LogP) is 2.84. The lowest BCUT2D eigenvalue weighted by atomic mass is 10.0. The van der Waals surface area contributed by atoms with Crippen molar-refractivity contribution in [1.82, 2.24) is 25.2 Å². The molecule has 0 saturated heterocycles. The maximum atomic E-state index is 12.7. The molecule has 2 aromatic heterocycles. The molecule has 2 heterocycles. The fraction of sp³-hybridized carbons (Fsp3) is 0.182. The van der Waals surface area contributed by atoms with Gasteiger partial charge in [0.2, 0.25) is 0 Å². The van der Waals surface area contributed by atoms with Crippen LogP contribution >= 0.6 is 0 Å². The maximum Gasteiger partial charge on any atom is 0.269 e. The number of aromatic amines is 1. The molecular formula is C22H20N6O4. The number of pyridine rings is 1. The normalized spacial score (nSPS) is 10.8. The molecule has 0 aliphatic carbocycles. The molecule has 10 heteroatoms. The number of H-pyrrole nitrogens is 1.